The van der Waals surface area contributed by atoms with Gasteiger partial charge in [0.25, 0.3) is 0 Å². The molecule has 0 radical (unpaired) electrons. The van der Waals surface area contributed by atoms with Crippen LogP contribution in [0.3, 0.4) is 0 Å². The largest absolute Gasteiger partial charge is 0.491 e. The van der Waals surface area contributed by atoms with Crippen molar-refractivity contribution < 1.29 is 14.3 Å². The molecule has 1 amide bonds. The van der Waals surface area contributed by atoms with Gasteiger partial charge in [0, 0.05) is 20.2 Å². The molecular weight excluding hydrogens is 302 g/mol. The molecule has 3 rings (SSSR count). The molecule has 132 valence electrons. The van der Waals surface area contributed by atoms with Crippen molar-refractivity contribution in [1.29, 1.82) is 0 Å². The molecule has 1 saturated carbocycles. The fourth-order valence-corrected chi connectivity index (χ4v) is 3.98. The molecule has 1 aliphatic heterocycles. The minimum Gasteiger partial charge on any atom is -0.491 e. The average Bonchev–Trinajstić information content (AvgIpc) is 2.89. The van der Waals surface area contributed by atoms with Crippen LogP contribution in [0.1, 0.15) is 44.6 Å². The van der Waals surface area contributed by atoms with Crippen molar-refractivity contribution in [1.82, 2.24) is 4.90 Å². The lowest BCUT2D eigenvalue weighted by Crippen LogP contribution is -2.36. The van der Waals surface area contributed by atoms with E-state index in [0.717, 1.165) is 37.5 Å². The Hall–Kier alpha value is -1.55. The molecule has 2 fully saturated rings. The summed E-state index contributed by atoms with van der Waals surface area (Å²) in [6.45, 7) is 5.07. The minimum absolute atomic E-state index is 0.0459. The van der Waals surface area contributed by atoms with Gasteiger partial charge in [-0.3, -0.25) is 4.79 Å². The van der Waals surface area contributed by atoms with Gasteiger partial charge in [0.2, 0.25) is 5.91 Å². The maximum atomic E-state index is 12.9. The summed E-state index contributed by atoms with van der Waals surface area (Å²) >= 11 is 0. The molecule has 0 atom stereocenters. The molecule has 0 bridgehead atoms. The normalized spacial score (nSPS) is 27.0. The molecule has 4 nitrogen and oxygen atoms in total. The van der Waals surface area contributed by atoms with E-state index in [9.17, 15) is 4.79 Å². The van der Waals surface area contributed by atoms with Crippen LogP contribution in [0.25, 0.3) is 0 Å². The van der Waals surface area contributed by atoms with E-state index in [4.69, 9.17) is 9.47 Å². The second kappa shape index (κ2) is 7.56. The fourth-order valence-electron chi connectivity index (χ4n) is 3.98. The van der Waals surface area contributed by atoms with E-state index in [-0.39, 0.29) is 5.41 Å². The van der Waals surface area contributed by atoms with Crippen LogP contribution in [0.15, 0.2) is 24.3 Å². The second-order valence-electron chi connectivity index (χ2n) is 7.42. The van der Waals surface area contributed by atoms with Crippen molar-refractivity contribution in [3.8, 4) is 5.75 Å². The number of hydrogen-bond acceptors (Lipinski definition) is 3. The first-order valence-electron chi connectivity index (χ1n) is 9.13. The number of likely N-dealkylation sites (tertiary alicyclic amines) is 1. The molecule has 2 aliphatic rings. The van der Waals surface area contributed by atoms with E-state index >= 15 is 0 Å². The summed E-state index contributed by atoms with van der Waals surface area (Å²) in [5, 5.41) is 0. The summed E-state index contributed by atoms with van der Waals surface area (Å²) in [7, 11) is 1.67. The summed E-state index contributed by atoms with van der Waals surface area (Å²) in [5.41, 5.74) is 1.12. The van der Waals surface area contributed by atoms with Crippen LogP contribution in [0.5, 0.6) is 5.75 Å². The third-order valence-corrected chi connectivity index (χ3v) is 5.69. The Morgan fingerprint density at radius 2 is 1.83 bits per heavy atom. The van der Waals surface area contributed by atoms with Crippen LogP contribution in [0, 0.1) is 11.3 Å². The number of methoxy groups -OCH3 is 1. The predicted molar refractivity (Wildman–Crippen MR) is 93.9 cm³/mol. The number of benzene rings is 1. The molecule has 1 aromatic carbocycles. The molecule has 1 heterocycles. The zero-order valence-electron chi connectivity index (χ0n) is 14.9. The van der Waals surface area contributed by atoms with E-state index in [1.807, 2.05) is 12.1 Å². The maximum Gasteiger partial charge on any atom is 0.229 e. The molecule has 0 unspecified atom stereocenters. The van der Waals surface area contributed by atoms with Gasteiger partial charge < -0.3 is 14.4 Å². The smallest absolute Gasteiger partial charge is 0.229 e. The lowest BCUT2D eigenvalue weighted by atomic mass is 9.70. The van der Waals surface area contributed by atoms with Crippen LogP contribution >= 0.6 is 0 Å². The van der Waals surface area contributed by atoms with Crippen molar-refractivity contribution in [2.75, 3.05) is 26.9 Å². The second-order valence-corrected chi connectivity index (χ2v) is 7.42. The molecule has 1 aromatic rings. The molecule has 1 saturated heterocycles. The number of nitrogens with zero attached hydrogens (tertiary/aromatic N) is 1. The SMILES string of the molecule is COCCOc1ccc(CN2CC[C@]3(CC[C@@H](C)CC3)C2=O)cc1. The third kappa shape index (κ3) is 3.75. The van der Waals surface area contributed by atoms with Crippen LogP contribution < -0.4 is 4.74 Å². The van der Waals surface area contributed by atoms with Gasteiger partial charge in [-0.1, -0.05) is 19.1 Å². The molecule has 0 N–H and O–H groups in total. The predicted octanol–water partition coefficient (Wildman–Crippen LogP) is 3.64. The standard InChI is InChI=1S/C20H29NO3/c1-16-7-9-20(10-8-16)11-12-21(19(20)22)15-17-3-5-18(6-4-17)24-14-13-23-2/h3-6,16H,7-15H2,1-2H3/t16-,20-. The molecular formula is C20H29NO3. The zero-order chi connectivity index (χ0) is 17.0. The van der Waals surface area contributed by atoms with Crippen LogP contribution in [-0.2, 0) is 16.1 Å². The number of carbonyl (C=O) groups is 1. The topological polar surface area (TPSA) is 38.8 Å². The highest BCUT2D eigenvalue weighted by Gasteiger charge is 2.47. The Kier molecular flexibility index (Phi) is 5.44. The summed E-state index contributed by atoms with van der Waals surface area (Å²) in [4.78, 5) is 15.0. The Balaban J connectivity index is 1.56. The van der Waals surface area contributed by atoms with Crippen LogP contribution in [0.2, 0.25) is 0 Å². The number of hydrogen-bond donors (Lipinski definition) is 0. The van der Waals surface area contributed by atoms with Crippen molar-refractivity contribution in [3.05, 3.63) is 29.8 Å². The lowest BCUT2D eigenvalue weighted by molar-refractivity contribution is -0.138. The number of carbonyl (C=O) groups excluding carboxylic acids is 1. The van der Waals surface area contributed by atoms with E-state index in [0.29, 0.717) is 25.7 Å². The van der Waals surface area contributed by atoms with Gasteiger partial charge in [-0.2, -0.15) is 0 Å². The van der Waals surface area contributed by atoms with Gasteiger partial charge in [-0.25, -0.2) is 0 Å². The molecule has 4 heteroatoms. The quantitative estimate of drug-likeness (QED) is 0.747. The van der Waals surface area contributed by atoms with Gasteiger partial charge >= 0.3 is 0 Å². The van der Waals surface area contributed by atoms with Gasteiger partial charge in [-0.15, -0.1) is 0 Å². The molecule has 1 spiro atoms. The highest BCUT2D eigenvalue weighted by Crippen LogP contribution is 2.46. The molecule has 0 aromatic heterocycles. The van der Waals surface area contributed by atoms with E-state index in [1.165, 1.54) is 18.4 Å². The summed E-state index contributed by atoms with van der Waals surface area (Å²) < 4.78 is 10.6. The lowest BCUT2D eigenvalue weighted by Gasteiger charge is -2.34. The monoisotopic (exact) mass is 331 g/mol. The van der Waals surface area contributed by atoms with Gasteiger partial charge in [0.05, 0.1) is 12.0 Å². The number of ether oxygens (including phenoxy) is 2. The Morgan fingerprint density at radius 1 is 1.12 bits per heavy atom. The summed E-state index contributed by atoms with van der Waals surface area (Å²) in [6, 6.07) is 8.07. The van der Waals surface area contributed by atoms with Crippen molar-refractivity contribution >= 4 is 5.91 Å². The van der Waals surface area contributed by atoms with Gasteiger partial charge in [-0.05, 0) is 55.7 Å². The van der Waals surface area contributed by atoms with Crippen LogP contribution in [-0.4, -0.2) is 37.7 Å². The maximum absolute atomic E-state index is 12.9. The Bertz CT molecular complexity index is 547. The van der Waals surface area contributed by atoms with E-state index < -0.39 is 0 Å². The zero-order valence-corrected chi connectivity index (χ0v) is 14.9. The fraction of sp³-hybridized carbons (Fsp3) is 0.650. The highest BCUT2D eigenvalue weighted by atomic mass is 16.5. The first-order chi connectivity index (χ1) is 11.6. The summed E-state index contributed by atoms with van der Waals surface area (Å²) in [5.74, 6) is 2.01. The molecule has 1 aliphatic carbocycles. The van der Waals surface area contributed by atoms with Crippen molar-refractivity contribution in [3.63, 3.8) is 0 Å². The Morgan fingerprint density at radius 3 is 2.50 bits per heavy atom. The van der Waals surface area contributed by atoms with Crippen molar-refractivity contribution in [2.45, 2.75) is 45.6 Å². The van der Waals surface area contributed by atoms with E-state index in [1.54, 1.807) is 7.11 Å². The first-order valence-corrected chi connectivity index (χ1v) is 9.13. The Labute approximate surface area is 145 Å². The van der Waals surface area contributed by atoms with E-state index in [2.05, 4.69) is 24.0 Å². The van der Waals surface area contributed by atoms with Crippen molar-refractivity contribution in [2.24, 2.45) is 11.3 Å². The number of amides is 1. The van der Waals surface area contributed by atoms with Gasteiger partial charge in [0.15, 0.2) is 0 Å². The highest BCUT2D eigenvalue weighted by molar-refractivity contribution is 5.85. The van der Waals surface area contributed by atoms with Gasteiger partial charge in [0.1, 0.15) is 12.4 Å². The number of rotatable bonds is 6. The molecule has 24 heavy (non-hydrogen) atoms. The first kappa shape index (κ1) is 17.3. The average molecular weight is 331 g/mol. The third-order valence-electron chi connectivity index (χ3n) is 5.69. The minimum atomic E-state index is -0.0459. The van der Waals surface area contributed by atoms with Crippen LogP contribution in [0.4, 0.5) is 0 Å². The summed E-state index contributed by atoms with van der Waals surface area (Å²) in [6.07, 6.45) is 5.60.